The Labute approximate surface area is 137 Å². The third-order valence-corrected chi connectivity index (χ3v) is 3.56. The van der Waals surface area contributed by atoms with E-state index in [1.807, 2.05) is 24.3 Å². The summed E-state index contributed by atoms with van der Waals surface area (Å²) in [5, 5.41) is 19.5. The van der Waals surface area contributed by atoms with Crippen molar-refractivity contribution in [1.82, 2.24) is 9.55 Å². The van der Waals surface area contributed by atoms with Crippen LogP contribution in [0, 0.1) is 11.8 Å². The molecule has 0 aliphatic heterocycles. The van der Waals surface area contributed by atoms with E-state index in [1.165, 1.54) is 6.92 Å². The Morgan fingerprint density at radius 3 is 2.67 bits per heavy atom. The summed E-state index contributed by atoms with van der Waals surface area (Å²) in [5.41, 5.74) is 0.843. The van der Waals surface area contributed by atoms with Gasteiger partial charge in [0.05, 0.1) is 6.61 Å². The molecule has 0 spiro atoms. The maximum atomic E-state index is 9.96. The van der Waals surface area contributed by atoms with Gasteiger partial charge < -0.3 is 14.8 Å². The van der Waals surface area contributed by atoms with Crippen molar-refractivity contribution in [3.8, 4) is 11.8 Å². The van der Waals surface area contributed by atoms with Crippen LogP contribution in [0.25, 0.3) is 0 Å². The number of rotatable bonds is 3. The van der Waals surface area contributed by atoms with Crippen LogP contribution in [0.4, 0.5) is 0 Å². The molecule has 2 atom stereocenters. The maximum absolute atomic E-state index is 9.96. The number of thiol groups is 1. The van der Waals surface area contributed by atoms with Crippen molar-refractivity contribution in [3.63, 3.8) is 0 Å². The van der Waals surface area contributed by atoms with Gasteiger partial charge in [-0.2, -0.15) is 0 Å². The van der Waals surface area contributed by atoms with Crippen LogP contribution >= 0.6 is 28.6 Å². The first-order valence-electron chi connectivity index (χ1n) is 6.28. The first kappa shape index (κ1) is 16.1. The maximum Gasteiger partial charge on any atom is 0.163 e. The largest absolute Gasteiger partial charge is 0.393 e. The van der Waals surface area contributed by atoms with Crippen LogP contribution in [-0.4, -0.2) is 26.4 Å². The summed E-state index contributed by atoms with van der Waals surface area (Å²) >= 11 is 7.47. The van der Waals surface area contributed by atoms with Crippen LogP contribution in [0.2, 0.25) is 0 Å². The van der Waals surface area contributed by atoms with E-state index in [0.29, 0.717) is 5.82 Å². The van der Waals surface area contributed by atoms with Crippen LogP contribution in [0.3, 0.4) is 0 Å². The molecule has 110 valence electrons. The van der Waals surface area contributed by atoms with Crippen molar-refractivity contribution in [2.24, 2.45) is 0 Å². The number of hydrogen-bond donors (Lipinski definition) is 3. The quantitative estimate of drug-likeness (QED) is 0.443. The predicted molar refractivity (Wildman–Crippen MR) is 87.9 cm³/mol. The molecule has 2 N–H and O–H groups in total. The first-order valence-corrected chi connectivity index (χ1v) is 7.52. The number of aliphatic hydroxyl groups excluding tert-OH is 1. The Bertz CT molecular complexity index is 665. The second-order valence-corrected chi connectivity index (χ2v) is 6.44. The molecule has 0 saturated heterocycles. The molecule has 1 aromatic carbocycles. The Kier molecular flexibility index (Phi) is 5.12. The van der Waals surface area contributed by atoms with Crippen molar-refractivity contribution in [1.29, 1.82) is 0 Å². The lowest BCUT2D eigenvalue weighted by Gasteiger charge is -2.20. The third kappa shape index (κ3) is 4.11. The Morgan fingerprint density at radius 1 is 1.43 bits per heavy atom. The molecule has 6 heteroatoms. The topological polar surface area (TPSA) is 58.3 Å². The van der Waals surface area contributed by atoms with Gasteiger partial charge in [-0.1, -0.05) is 27.8 Å². The zero-order chi connectivity index (χ0) is 15.5. The van der Waals surface area contributed by atoms with Crippen molar-refractivity contribution >= 4 is 28.6 Å². The molecular weight excluding hydrogens is 352 g/mol. The monoisotopic (exact) mass is 366 g/mol. The number of benzene rings is 1. The molecule has 1 unspecified atom stereocenters. The molecule has 0 aliphatic carbocycles. The highest BCUT2D eigenvalue weighted by Crippen LogP contribution is 2.25. The van der Waals surface area contributed by atoms with Crippen molar-refractivity contribution in [2.75, 3.05) is 6.61 Å². The lowest BCUT2D eigenvalue weighted by Crippen LogP contribution is -2.23. The fourth-order valence-corrected chi connectivity index (χ4v) is 2.27. The number of aromatic nitrogens is 2. The molecule has 0 fully saturated rings. The van der Waals surface area contributed by atoms with Crippen LogP contribution in [0.5, 0.6) is 0 Å². The molecule has 2 aromatic rings. The minimum atomic E-state index is -1.39. The van der Waals surface area contributed by atoms with E-state index in [9.17, 15) is 10.2 Å². The van der Waals surface area contributed by atoms with Gasteiger partial charge in [-0.15, -0.1) is 12.6 Å². The van der Waals surface area contributed by atoms with Crippen LogP contribution in [-0.2, 0) is 4.93 Å². The van der Waals surface area contributed by atoms with Crippen molar-refractivity contribution in [3.05, 3.63) is 52.5 Å². The number of hydrogen-bond acceptors (Lipinski definition) is 4. The molecule has 1 heterocycles. The molecule has 1 aromatic heterocycles. The lowest BCUT2D eigenvalue weighted by molar-refractivity contribution is 0.142. The summed E-state index contributed by atoms with van der Waals surface area (Å²) < 4.78 is 2.61. The SMILES string of the molecule is CC(O)(S)c1nccn1[C@@H](C#Cc1ccc(Br)cc1)CO. The summed E-state index contributed by atoms with van der Waals surface area (Å²) in [6.07, 6.45) is 3.21. The second-order valence-electron chi connectivity index (χ2n) is 4.65. The summed E-state index contributed by atoms with van der Waals surface area (Å²) in [6, 6.07) is 7.08. The highest BCUT2D eigenvalue weighted by molar-refractivity contribution is 9.10. The highest BCUT2D eigenvalue weighted by Gasteiger charge is 2.25. The van der Waals surface area contributed by atoms with E-state index < -0.39 is 11.0 Å². The van der Waals surface area contributed by atoms with Gasteiger partial charge in [0.2, 0.25) is 0 Å². The third-order valence-electron chi connectivity index (χ3n) is 2.83. The van der Waals surface area contributed by atoms with Gasteiger partial charge in [0.25, 0.3) is 0 Å². The van der Waals surface area contributed by atoms with Gasteiger partial charge in [-0.25, -0.2) is 4.98 Å². The van der Waals surface area contributed by atoms with E-state index >= 15 is 0 Å². The lowest BCUT2D eigenvalue weighted by atomic mass is 10.2. The van der Waals surface area contributed by atoms with E-state index in [0.717, 1.165) is 10.0 Å². The van der Waals surface area contributed by atoms with Crippen LogP contribution in [0.1, 0.15) is 24.4 Å². The standard InChI is InChI=1S/C15H15BrN2O2S/c1-15(20,21)14-17-8-9-18(14)13(10-19)7-4-11-2-5-12(16)6-3-11/h2-3,5-6,8-9,13,19-21H,10H2,1H3/t13-,15?/m0/s1. The summed E-state index contributed by atoms with van der Waals surface area (Å²) in [4.78, 5) is 2.68. The molecule has 0 bridgehead atoms. The van der Waals surface area contributed by atoms with Crippen molar-refractivity contribution in [2.45, 2.75) is 17.9 Å². The molecule has 0 radical (unpaired) electrons. The van der Waals surface area contributed by atoms with Gasteiger partial charge in [0, 0.05) is 22.4 Å². The number of nitrogens with zero attached hydrogens (tertiary/aromatic N) is 2. The molecule has 0 amide bonds. The number of aliphatic hydroxyl groups is 2. The highest BCUT2D eigenvalue weighted by atomic mass is 79.9. The summed E-state index contributed by atoms with van der Waals surface area (Å²) in [7, 11) is 0. The minimum Gasteiger partial charge on any atom is -0.393 e. The molecule has 0 saturated carbocycles. The van der Waals surface area contributed by atoms with E-state index in [-0.39, 0.29) is 6.61 Å². The molecular formula is C15H15BrN2O2S. The Balaban J connectivity index is 2.30. The first-order chi connectivity index (χ1) is 9.91. The van der Waals surface area contributed by atoms with E-state index in [1.54, 1.807) is 17.0 Å². The van der Waals surface area contributed by atoms with E-state index in [4.69, 9.17) is 0 Å². The van der Waals surface area contributed by atoms with E-state index in [2.05, 4.69) is 45.4 Å². The van der Waals surface area contributed by atoms with Gasteiger partial charge in [0.1, 0.15) is 6.04 Å². The molecule has 21 heavy (non-hydrogen) atoms. The van der Waals surface area contributed by atoms with Gasteiger partial charge in [-0.3, -0.25) is 0 Å². The zero-order valence-electron chi connectivity index (χ0n) is 11.4. The molecule has 2 rings (SSSR count). The molecule has 4 nitrogen and oxygen atoms in total. The fourth-order valence-electron chi connectivity index (χ4n) is 1.83. The normalized spacial score (nSPS) is 14.9. The van der Waals surface area contributed by atoms with Crippen LogP contribution < -0.4 is 0 Å². The number of halogens is 1. The number of imidazole rings is 1. The van der Waals surface area contributed by atoms with Gasteiger partial charge in [0.15, 0.2) is 10.8 Å². The minimum absolute atomic E-state index is 0.184. The average molecular weight is 367 g/mol. The van der Waals surface area contributed by atoms with Gasteiger partial charge >= 0.3 is 0 Å². The smallest absolute Gasteiger partial charge is 0.163 e. The summed E-state index contributed by atoms with van der Waals surface area (Å²) in [6.45, 7) is 1.34. The van der Waals surface area contributed by atoms with Crippen molar-refractivity contribution < 1.29 is 10.2 Å². The molecule has 0 aliphatic rings. The zero-order valence-corrected chi connectivity index (χ0v) is 13.8. The Hall–Kier alpha value is -1.26. The summed E-state index contributed by atoms with van der Waals surface area (Å²) in [5.74, 6) is 6.33. The fraction of sp³-hybridized carbons (Fsp3) is 0.267. The van der Waals surface area contributed by atoms with Crippen LogP contribution in [0.15, 0.2) is 41.1 Å². The predicted octanol–water partition coefficient (Wildman–Crippen LogP) is 2.33. The average Bonchev–Trinajstić information content (AvgIpc) is 2.91. The Morgan fingerprint density at radius 2 is 2.10 bits per heavy atom. The van der Waals surface area contributed by atoms with Gasteiger partial charge in [-0.05, 0) is 31.2 Å². The second kappa shape index (κ2) is 6.67.